The van der Waals surface area contributed by atoms with Crippen LogP contribution in [-0.4, -0.2) is 61.1 Å². The zero-order valence-corrected chi connectivity index (χ0v) is 23.2. The summed E-state index contributed by atoms with van der Waals surface area (Å²) in [6.07, 6.45) is -1.99. The first kappa shape index (κ1) is 32.0. The summed E-state index contributed by atoms with van der Waals surface area (Å²) in [4.78, 5) is 70.6. The summed E-state index contributed by atoms with van der Waals surface area (Å²) in [6.45, 7) is 1.48. The van der Waals surface area contributed by atoms with Crippen molar-refractivity contribution in [3.8, 4) is 0 Å². The van der Waals surface area contributed by atoms with E-state index < -0.39 is 45.3 Å². The molecule has 2 aromatic carbocycles. The van der Waals surface area contributed by atoms with Gasteiger partial charge in [0.1, 0.15) is 13.2 Å². The van der Waals surface area contributed by atoms with Gasteiger partial charge in [-0.1, -0.05) is 18.7 Å². The van der Waals surface area contributed by atoms with Crippen molar-refractivity contribution in [2.45, 2.75) is 51.0 Å². The molecule has 0 saturated carbocycles. The van der Waals surface area contributed by atoms with E-state index in [1.807, 2.05) is 0 Å². The van der Waals surface area contributed by atoms with Crippen LogP contribution in [0.2, 0.25) is 0 Å². The van der Waals surface area contributed by atoms with E-state index in [0.29, 0.717) is 17.5 Å². The van der Waals surface area contributed by atoms with Gasteiger partial charge in [-0.25, -0.2) is 9.59 Å². The number of nitro benzene ring substituents is 2. The average molecular weight is 605 g/mol. The molecular weight excluding hydrogens is 576 g/mol. The number of nitrogens with one attached hydrogen (secondary N) is 1. The molecule has 0 bridgehead atoms. The Hall–Kier alpha value is -4.57. The summed E-state index contributed by atoms with van der Waals surface area (Å²) in [6, 6.07) is 10.8. The van der Waals surface area contributed by atoms with Gasteiger partial charge in [-0.2, -0.15) is 0 Å². The van der Waals surface area contributed by atoms with Crippen molar-refractivity contribution in [3.63, 3.8) is 0 Å². The molecule has 2 amide bonds. The summed E-state index contributed by atoms with van der Waals surface area (Å²) < 4.78 is 10.1. The third kappa shape index (κ3) is 8.47. The molecule has 42 heavy (non-hydrogen) atoms. The Morgan fingerprint density at radius 1 is 0.976 bits per heavy atom. The zero-order chi connectivity index (χ0) is 30.8. The maximum Gasteiger partial charge on any atom is 0.407 e. The van der Waals surface area contributed by atoms with Gasteiger partial charge in [0.05, 0.1) is 21.1 Å². The SMILES string of the molecule is CCC1C(=O)N(C(O)C(=O)OCc2ccc([N+](=O)[O-])cc2)C1SC(=O)CCCNC(=O)OCc1ccc([N+](=O)[O-])cc1. The third-order valence-electron chi connectivity index (χ3n) is 6.23. The number of alkyl carbamates (subject to hydrolysis) is 1. The Morgan fingerprint density at radius 3 is 2.00 bits per heavy atom. The molecule has 1 fully saturated rings. The fourth-order valence-electron chi connectivity index (χ4n) is 3.91. The number of esters is 1. The van der Waals surface area contributed by atoms with Crippen molar-refractivity contribution < 1.29 is 43.6 Å². The van der Waals surface area contributed by atoms with Crippen molar-refractivity contribution in [2.24, 2.45) is 5.92 Å². The van der Waals surface area contributed by atoms with Gasteiger partial charge in [0.25, 0.3) is 11.4 Å². The van der Waals surface area contributed by atoms with Crippen LogP contribution in [0.25, 0.3) is 0 Å². The van der Waals surface area contributed by atoms with Crippen LogP contribution in [0.4, 0.5) is 16.2 Å². The summed E-state index contributed by atoms with van der Waals surface area (Å²) in [7, 11) is 0. The minimum atomic E-state index is -1.93. The molecule has 224 valence electrons. The van der Waals surface area contributed by atoms with Crippen molar-refractivity contribution in [3.05, 3.63) is 79.9 Å². The highest BCUT2D eigenvalue weighted by molar-refractivity contribution is 8.14. The maximum absolute atomic E-state index is 12.6. The van der Waals surface area contributed by atoms with E-state index in [1.54, 1.807) is 6.92 Å². The highest BCUT2D eigenvalue weighted by atomic mass is 32.2. The molecule has 3 unspecified atom stereocenters. The van der Waals surface area contributed by atoms with Gasteiger partial charge in [-0.05, 0) is 48.2 Å². The molecule has 1 aliphatic rings. The lowest BCUT2D eigenvalue weighted by atomic mass is 9.95. The van der Waals surface area contributed by atoms with Crippen LogP contribution < -0.4 is 5.32 Å². The number of aliphatic hydroxyl groups excluding tert-OH is 1. The van der Waals surface area contributed by atoms with Gasteiger partial charge < -0.3 is 19.9 Å². The lowest BCUT2D eigenvalue weighted by Crippen LogP contribution is -2.65. The van der Waals surface area contributed by atoms with Crippen LogP contribution in [0.15, 0.2) is 48.5 Å². The number of likely N-dealkylation sites (tertiary alicyclic amines) is 1. The highest BCUT2D eigenvalue weighted by Gasteiger charge is 2.52. The summed E-state index contributed by atoms with van der Waals surface area (Å²) in [5.41, 5.74) is 0.776. The number of β-lactam (4-membered cyclic amide) rings is 1. The zero-order valence-electron chi connectivity index (χ0n) is 22.4. The van der Waals surface area contributed by atoms with Gasteiger partial charge >= 0.3 is 12.1 Å². The monoisotopic (exact) mass is 604 g/mol. The van der Waals surface area contributed by atoms with E-state index in [4.69, 9.17) is 9.47 Å². The van der Waals surface area contributed by atoms with Crippen molar-refractivity contribution >= 4 is 46.2 Å². The Labute approximate surface area is 243 Å². The average Bonchev–Trinajstić information content (AvgIpc) is 2.97. The number of carbonyl (C=O) groups is 4. The fourth-order valence-corrected chi connectivity index (χ4v) is 5.25. The smallest absolute Gasteiger partial charge is 0.407 e. The maximum atomic E-state index is 12.6. The normalized spacial score (nSPS) is 16.6. The summed E-state index contributed by atoms with van der Waals surface area (Å²) in [5, 5.41) is 33.3. The number of benzene rings is 2. The van der Waals surface area contributed by atoms with Crippen LogP contribution in [0, 0.1) is 26.1 Å². The summed E-state index contributed by atoms with van der Waals surface area (Å²) in [5.74, 6) is -2.19. The standard InChI is InChI=1S/C26H28N4O11S/c1-2-20-22(32)28(23(33)25(34)40-14-16-5-9-18(10-6-16)29(36)37)24(20)42-21(31)4-3-13-27-26(35)41-15-17-7-11-19(12-8-17)30(38)39/h5-12,20,23-24,33H,2-4,13-15H2,1H3,(H,27,35). The number of hydrogen-bond acceptors (Lipinski definition) is 12. The van der Waals surface area contributed by atoms with Gasteiger partial charge in [0.15, 0.2) is 5.12 Å². The van der Waals surface area contributed by atoms with Crippen molar-refractivity contribution in [1.82, 2.24) is 10.2 Å². The second-order valence-corrected chi connectivity index (χ2v) is 10.2. The first-order valence-corrected chi connectivity index (χ1v) is 13.6. The fraction of sp³-hybridized carbons (Fsp3) is 0.385. The molecule has 16 heteroatoms. The number of hydrogen-bond donors (Lipinski definition) is 2. The van der Waals surface area contributed by atoms with E-state index in [1.165, 1.54) is 48.5 Å². The largest absolute Gasteiger partial charge is 0.457 e. The van der Waals surface area contributed by atoms with Crippen LogP contribution in [0.5, 0.6) is 0 Å². The molecule has 3 atom stereocenters. The van der Waals surface area contributed by atoms with Gasteiger partial charge in [0, 0.05) is 37.2 Å². The number of carbonyl (C=O) groups excluding carboxylic acids is 4. The Balaban J connectivity index is 1.40. The first-order valence-electron chi connectivity index (χ1n) is 12.8. The summed E-state index contributed by atoms with van der Waals surface area (Å²) >= 11 is 0.808. The highest BCUT2D eigenvalue weighted by Crippen LogP contribution is 2.39. The Kier molecular flexibility index (Phi) is 11.3. The lowest BCUT2D eigenvalue weighted by molar-refractivity contribution is -0.385. The predicted octanol–water partition coefficient (Wildman–Crippen LogP) is 3.03. The Bertz CT molecular complexity index is 1320. The van der Waals surface area contributed by atoms with E-state index in [0.717, 1.165) is 16.7 Å². The molecule has 0 aromatic heterocycles. The molecule has 1 aliphatic heterocycles. The molecule has 3 rings (SSSR count). The topological polar surface area (TPSA) is 209 Å². The second-order valence-electron chi connectivity index (χ2n) is 9.08. The van der Waals surface area contributed by atoms with E-state index in [9.17, 15) is 44.5 Å². The van der Waals surface area contributed by atoms with Crippen LogP contribution in [0.1, 0.15) is 37.3 Å². The molecule has 1 saturated heterocycles. The number of nitrogens with zero attached hydrogens (tertiary/aromatic N) is 3. The number of aliphatic hydroxyl groups is 1. The Morgan fingerprint density at radius 2 is 1.50 bits per heavy atom. The number of nitro groups is 2. The van der Waals surface area contributed by atoms with E-state index in [-0.39, 0.29) is 49.1 Å². The van der Waals surface area contributed by atoms with Gasteiger partial charge in [0.2, 0.25) is 12.1 Å². The molecule has 0 aliphatic carbocycles. The molecule has 2 N–H and O–H groups in total. The van der Waals surface area contributed by atoms with Gasteiger partial charge in [-0.15, -0.1) is 0 Å². The minimum absolute atomic E-state index is 0.0307. The van der Waals surface area contributed by atoms with E-state index in [2.05, 4.69) is 5.32 Å². The molecular formula is C26H28N4O11S. The molecule has 0 spiro atoms. The molecule has 2 aromatic rings. The second kappa shape index (κ2) is 14.9. The van der Waals surface area contributed by atoms with Crippen molar-refractivity contribution in [1.29, 1.82) is 0 Å². The van der Waals surface area contributed by atoms with Crippen molar-refractivity contribution in [2.75, 3.05) is 6.54 Å². The lowest BCUT2D eigenvalue weighted by Gasteiger charge is -2.47. The molecule has 0 radical (unpaired) electrons. The number of rotatable bonds is 14. The first-order chi connectivity index (χ1) is 20.0. The minimum Gasteiger partial charge on any atom is -0.457 e. The quantitative estimate of drug-likeness (QED) is 0.105. The third-order valence-corrected chi connectivity index (χ3v) is 7.49. The number of thioether (sulfide) groups is 1. The van der Waals surface area contributed by atoms with Crippen LogP contribution >= 0.6 is 11.8 Å². The predicted molar refractivity (Wildman–Crippen MR) is 146 cm³/mol. The number of ether oxygens (including phenoxy) is 2. The molecule has 15 nitrogen and oxygen atoms in total. The van der Waals surface area contributed by atoms with Gasteiger partial charge in [-0.3, -0.25) is 34.7 Å². The number of amides is 2. The molecule has 1 heterocycles. The van der Waals surface area contributed by atoms with E-state index >= 15 is 0 Å². The van der Waals surface area contributed by atoms with Crippen LogP contribution in [0.3, 0.4) is 0 Å². The van der Waals surface area contributed by atoms with Crippen LogP contribution in [-0.2, 0) is 37.1 Å². The number of non-ortho nitro benzene ring substituents is 2.